The molecule has 3 heterocycles. The number of benzene rings is 2. The summed E-state index contributed by atoms with van der Waals surface area (Å²) in [6, 6.07) is 11.1. The molecule has 242 valence electrons. The Hall–Kier alpha value is -4.71. The van der Waals surface area contributed by atoms with E-state index in [1.165, 1.54) is 23.5 Å². The Kier molecular flexibility index (Phi) is 10.1. The van der Waals surface area contributed by atoms with E-state index in [1.54, 1.807) is 6.92 Å². The van der Waals surface area contributed by atoms with Crippen molar-refractivity contribution < 1.29 is 28.7 Å². The van der Waals surface area contributed by atoms with Crippen LogP contribution in [0.1, 0.15) is 56.1 Å². The van der Waals surface area contributed by atoms with Gasteiger partial charge in [0.05, 0.1) is 25.4 Å². The number of likely N-dealkylation sites (tertiary alicyclic amines) is 1. The van der Waals surface area contributed by atoms with Crippen LogP contribution in [0.4, 0.5) is 0 Å². The van der Waals surface area contributed by atoms with Crippen molar-refractivity contribution in [2.24, 2.45) is 5.92 Å². The minimum absolute atomic E-state index is 0.0741. The Morgan fingerprint density at radius 2 is 1.78 bits per heavy atom. The summed E-state index contributed by atoms with van der Waals surface area (Å²) >= 11 is 0. The maximum atomic E-state index is 13.9. The van der Waals surface area contributed by atoms with Gasteiger partial charge in [0.25, 0.3) is 5.91 Å². The molecule has 2 aliphatic heterocycles. The summed E-state index contributed by atoms with van der Waals surface area (Å²) in [5, 5.41) is 10.4. The fourth-order valence-corrected chi connectivity index (χ4v) is 5.78. The van der Waals surface area contributed by atoms with Gasteiger partial charge in [0.2, 0.25) is 17.7 Å². The number of carbonyl (C=O) groups excluding carboxylic acids is 5. The van der Waals surface area contributed by atoms with E-state index >= 15 is 0 Å². The zero-order chi connectivity index (χ0) is 32.8. The topological polar surface area (TPSA) is 163 Å². The van der Waals surface area contributed by atoms with Crippen LogP contribution in [0, 0.1) is 5.92 Å². The van der Waals surface area contributed by atoms with E-state index in [1.807, 2.05) is 56.3 Å². The van der Waals surface area contributed by atoms with Gasteiger partial charge in [0.15, 0.2) is 5.78 Å². The average molecular weight is 629 g/mol. The zero-order valence-corrected chi connectivity index (χ0v) is 26.3. The smallest absolute Gasteiger partial charge is 0.271 e. The molecule has 4 amide bonds. The van der Waals surface area contributed by atoms with Crippen LogP contribution in [0.3, 0.4) is 0 Å². The van der Waals surface area contributed by atoms with Gasteiger partial charge in [-0.1, -0.05) is 56.3 Å². The second-order valence-corrected chi connectivity index (χ2v) is 12.5. The molecule has 3 aromatic rings. The predicted octanol–water partition coefficient (Wildman–Crippen LogP) is 1.97. The van der Waals surface area contributed by atoms with Crippen LogP contribution in [0.15, 0.2) is 61.1 Å². The summed E-state index contributed by atoms with van der Waals surface area (Å²) < 4.78 is 5.38. The molecule has 0 aliphatic carbocycles. The number of amides is 4. The van der Waals surface area contributed by atoms with Crippen molar-refractivity contribution in [1.29, 1.82) is 0 Å². The van der Waals surface area contributed by atoms with Crippen molar-refractivity contribution in [1.82, 2.24) is 30.8 Å². The number of hydrogen-bond donors (Lipinski definition) is 3. The molecule has 1 aromatic heterocycles. The Labute approximate surface area is 267 Å². The number of nitrogens with zero attached hydrogens (tertiary/aromatic N) is 3. The third-order valence-corrected chi connectivity index (χ3v) is 8.40. The van der Waals surface area contributed by atoms with Crippen LogP contribution in [-0.4, -0.2) is 87.7 Å². The van der Waals surface area contributed by atoms with Gasteiger partial charge < -0.3 is 25.6 Å². The molecule has 2 aromatic carbocycles. The van der Waals surface area contributed by atoms with Crippen molar-refractivity contribution in [2.75, 3.05) is 19.7 Å². The van der Waals surface area contributed by atoms with Gasteiger partial charge in [-0.05, 0) is 48.4 Å². The second kappa shape index (κ2) is 14.2. The van der Waals surface area contributed by atoms with Gasteiger partial charge in [-0.15, -0.1) is 0 Å². The van der Waals surface area contributed by atoms with E-state index in [0.29, 0.717) is 32.4 Å². The van der Waals surface area contributed by atoms with E-state index in [4.69, 9.17) is 4.74 Å². The Bertz CT molecular complexity index is 1610. The molecule has 2 saturated heterocycles. The number of aromatic nitrogens is 2. The SMILES string of the molecule is CC(C)C[C@H](NC(=O)[C@H](Cc1ccc2ccccc2c1)NC(=O)[C@@H]1CCCN1C(=O)CNC(=O)c1cnccn1)C(=O)[C@@]1(C)CO1. The summed E-state index contributed by atoms with van der Waals surface area (Å²) in [6.45, 7) is 5.97. The third-order valence-electron chi connectivity index (χ3n) is 8.40. The summed E-state index contributed by atoms with van der Waals surface area (Å²) in [5.74, 6) is -2.01. The van der Waals surface area contributed by atoms with Crippen molar-refractivity contribution in [3.05, 3.63) is 72.3 Å². The van der Waals surface area contributed by atoms with E-state index in [-0.39, 0.29) is 30.4 Å². The Morgan fingerprint density at radius 1 is 1.02 bits per heavy atom. The van der Waals surface area contributed by atoms with Crippen LogP contribution >= 0.6 is 0 Å². The lowest BCUT2D eigenvalue weighted by molar-refractivity contribution is -0.139. The molecule has 46 heavy (non-hydrogen) atoms. The minimum Gasteiger partial charge on any atom is -0.361 e. The fourth-order valence-electron chi connectivity index (χ4n) is 5.78. The molecule has 4 atom stereocenters. The molecule has 2 aliphatic rings. The highest BCUT2D eigenvalue weighted by atomic mass is 16.6. The van der Waals surface area contributed by atoms with Gasteiger partial charge in [0.1, 0.15) is 23.4 Å². The number of ketones is 1. The van der Waals surface area contributed by atoms with Crippen molar-refractivity contribution in [2.45, 2.75) is 70.2 Å². The molecule has 0 unspecified atom stereocenters. The van der Waals surface area contributed by atoms with Gasteiger partial charge in [-0.3, -0.25) is 29.0 Å². The van der Waals surface area contributed by atoms with Crippen molar-refractivity contribution >= 4 is 40.2 Å². The number of ether oxygens (including phenoxy) is 1. The zero-order valence-electron chi connectivity index (χ0n) is 26.3. The highest BCUT2D eigenvalue weighted by Gasteiger charge is 2.50. The molecule has 0 saturated carbocycles. The highest BCUT2D eigenvalue weighted by Crippen LogP contribution is 2.30. The lowest BCUT2D eigenvalue weighted by Crippen LogP contribution is -2.57. The molecule has 2 fully saturated rings. The first-order chi connectivity index (χ1) is 22.0. The highest BCUT2D eigenvalue weighted by molar-refractivity contribution is 5.99. The minimum atomic E-state index is -1.02. The van der Waals surface area contributed by atoms with Crippen LogP contribution in [0.5, 0.6) is 0 Å². The third kappa shape index (κ3) is 7.92. The van der Waals surface area contributed by atoms with Crippen LogP contribution in [0.2, 0.25) is 0 Å². The number of nitrogens with one attached hydrogen (secondary N) is 3. The van der Waals surface area contributed by atoms with E-state index in [2.05, 4.69) is 25.9 Å². The number of rotatable bonds is 13. The lowest BCUT2D eigenvalue weighted by atomic mass is 9.93. The summed E-state index contributed by atoms with van der Waals surface area (Å²) in [4.78, 5) is 75.6. The number of carbonyl (C=O) groups is 5. The molecule has 3 N–H and O–H groups in total. The van der Waals surface area contributed by atoms with Gasteiger partial charge in [-0.2, -0.15) is 0 Å². The first-order valence-corrected chi connectivity index (χ1v) is 15.6. The lowest BCUT2D eigenvalue weighted by Gasteiger charge is -2.28. The first kappa shape index (κ1) is 32.7. The predicted molar refractivity (Wildman–Crippen MR) is 169 cm³/mol. The normalized spacial score (nSPS) is 20.2. The molecular formula is C34H40N6O6. The van der Waals surface area contributed by atoms with Gasteiger partial charge in [0, 0.05) is 25.4 Å². The average Bonchev–Trinajstić information content (AvgIpc) is 3.60. The van der Waals surface area contributed by atoms with Crippen molar-refractivity contribution in [3.63, 3.8) is 0 Å². The number of hydrogen-bond acceptors (Lipinski definition) is 8. The Balaban J connectivity index is 1.31. The number of Topliss-reactive ketones (excluding diaryl/α,β-unsaturated/α-hetero) is 1. The second-order valence-electron chi connectivity index (χ2n) is 12.5. The maximum Gasteiger partial charge on any atom is 0.271 e. The molecule has 0 radical (unpaired) electrons. The van der Waals surface area contributed by atoms with E-state index in [9.17, 15) is 24.0 Å². The van der Waals surface area contributed by atoms with E-state index < -0.39 is 47.4 Å². The summed E-state index contributed by atoms with van der Waals surface area (Å²) in [6.07, 6.45) is 5.70. The van der Waals surface area contributed by atoms with Crippen LogP contribution < -0.4 is 16.0 Å². The largest absolute Gasteiger partial charge is 0.361 e. The Morgan fingerprint density at radius 3 is 2.48 bits per heavy atom. The van der Waals surface area contributed by atoms with Crippen LogP contribution in [-0.2, 0) is 30.3 Å². The van der Waals surface area contributed by atoms with E-state index in [0.717, 1.165) is 16.3 Å². The standard InChI is InChI=1S/C34H40N6O6/c1-21(2)15-25(30(42)34(3)20-46-34)38-32(44)26(17-22-10-11-23-7-4-5-8-24(23)16-22)39-33(45)28-9-6-14-40(28)29(41)19-37-31(43)27-18-35-12-13-36-27/h4-5,7-8,10-13,16,18,21,25-26,28H,6,9,14-15,17,19-20H2,1-3H3,(H,37,43)(H,38,44)(H,39,45)/t25-,26-,28-,34+/m0/s1. The maximum absolute atomic E-state index is 13.9. The van der Waals surface area contributed by atoms with Crippen molar-refractivity contribution in [3.8, 4) is 0 Å². The monoisotopic (exact) mass is 628 g/mol. The summed E-state index contributed by atoms with van der Waals surface area (Å²) in [7, 11) is 0. The molecular weight excluding hydrogens is 588 g/mol. The first-order valence-electron chi connectivity index (χ1n) is 15.6. The summed E-state index contributed by atoms with van der Waals surface area (Å²) in [5.41, 5.74) is -0.0172. The van der Waals surface area contributed by atoms with Crippen LogP contribution in [0.25, 0.3) is 10.8 Å². The quantitative estimate of drug-likeness (QED) is 0.242. The molecule has 0 bridgehead atoms. The number of epoxide rings is 1. The molecule has 0 spiro atoms. The fraction of sp³-hybridized carbons (Fsp3) is 0.441. The van der Waals surface area contributed by atoms with Gasteiger partial charge >= 0.3 is 0 Å². The molecule has 5 rings (SSSR count). The van der Waals surface area contributed by atoms with Gasteiger partial charge in [-0.25, -0.2) is 4.98 Å². The molecule has 12 nitrogen and oxygen atoms in total. The molecule has 12 heteroatoms. The number of fused-ring (bicyclic) bond motifs is 1.